The molecule has 1 aliphatic heterocycles. The second-order valence-electron chi connectivity index (χ2n) is 6.39. The van der Waals surface area contributed by atoms with Crippen molar-refractivity contribution in [1.29, 1.82) is 0 Å². The van der Waals surface area contributed by atoms with Gasteiger partial charge in [0.1, 0.15) is 5.82 Å². The van der Waals surface area contributed by atoms with Crippen LogP contribution in [0, 0.1) is 6.92 Å². The fraction of sp³-hybridized carbons (Fsp3) is 0.389. The monoisotopic (exact) mass is 354 g/mol. The topological polar surface area (TPSA) is 51.8 Å². The number of aromatic nitrogens is 5. The molecule has 0 unspecified atom stereocenters. The molecule has 0 amide bonds. The molecule has 3 heterocycles. The standard InChI is InChI=1S/C18H22N6S/c1-14-5-7-15(8-6-14)24-17(23-10-3-4-11-23)20-21-18(24)25-13-16-19-9-12-22(16)2/h5-9,12H,3-4,10-11,13H2,1-2H3. The molecule has 0 N–H and O–H groups in total. The molecule has 0 atom stereocenters. The summed E-state index contributed by atoms with van der Waals surface area (Å²) in [6.45, 7) is 4.20. The van der Waals surface area contributed by atoms with E-state index in [1.165, 1.54) is 18.4 Å². The molecule has 1 fully saturated rings. The van der Waals surface area contributed by atoms with E-state index in [0.717, 1.165) is 41.5 Å². The lowest BCUT2D eigenvalue weighted by Crippen LogP contribution is -2.22. The third-order valence-electron chi connectivity index (χ3n) is 4.55. The lowest BCUT2D eigenvalue weighted by molar-refractivity contribution is 0.831. The Morgan fingerprint density at radius 2 is 1.84 bits per heavy atom. The van der Waals surface area contributed by atoms with Crippen molar-refractivity contribution in [3.63, 3.8) is 0 Å². The number of benzene rings is 1. The molecule has 0 radical (unpaired) electrons. The number of hydrogen-bond acceptors (Lipinski definition) is 5. The van der Waals surface area contributed by atoms with E-state index in [0.29, 0.717) is 0 Å². The van der Waals surface area contributed by atoms with E-state index < -0.39 is 0 Å². The lowest BCUT2D eigenvalue weighted by Gasteiger charge is -2.18. The number of anilines is 1. The summed E-state index contributed by atoms with van der Waals surface area (Å²) in [7, 11) is 2.02. The summed E-state index contributed by atoms with van der Waals surface area (Å²) in [6, 6.07) is 8.55. The maximum atomic E-state index is 4.51. The van der Waals surface area contributed by atoms with E-state index in [1.54, 1.807) is 11.8 Å². The van der Waals surface area contributed by atoms with E-state index in [4.69, 9.17) is 0 Å². The van der Waals surface area contributed by atoms with Gasteiger partial charge in [0.2, 0.25) is 5.95 Å². The summed E-state index contributed by atoms with van der Waals surface area (Å²) < 4.78 is 4.22. The van der Waals surface area contributed by atoms with Gasteiger partial charge in [0.05, 0.1) is 11.4 Å². The van der Waals surface area contributed by atoms with Gasteiger partial charge in [0.15, 0.2) is 5.16 Å². The molecule has 1 saturated heterocycles. The number of nitrogens with zero attached hydrogens (tertiary/aromatic N) is 6. The Bertz CT molecular complexity index is 845. The van der Waals surface area contributed by atoms with Crippen molar-refractivity contribution in [3.05, 3.63) is 48.0 Å². The molecular weight excluding hydrogens is 332 g/mol. The van der Waals surface area contributed by atoms with E-state index in [9.17, 15) is 0 Å². The molecule has 25 heavy (non-hydrogen) atoms. The van der Waals surface area contributed by atoms with Crippen molar-refractivity contribution in [2.75, 3.05) is 18.0 Å². The third-order valence-corrected chi connectivity index (χ3v) is 5.47. The zero-order valence-electron chi connectivity index (χ0n) is 14.6. The summed E-state index contributed by atoms with van der Waals surface area (Å²) in [5.41, 5.74) is 2.36. The maximum absolute atomic E-state index is 4.51. The zero-order chi connectivity index (χ0) is 17.2. The Morgan fingerprint density at radius 3 is 2.52 bits per heavy atom. The van der Waals surface area contributed by atoms with Gasteiger partial charge in [-0.25, -0.2) is 4.98 Å². The van der Waals surface area contributed by atoms with Crippen LogP contribution >= 0.6 is 11.8 Å². The largest absolute Gasteiger partial charge is 0.341 e. The van der Waals surface area contributed by atoms with E-state index in [2.05, 4.69) is 55.8 Å². The highest BCUT2D eigenvalue weighted by molar-refractivity contribution is 7.98. The van der Waals surface area contributed by atoms with Crippen LogP contribution in [0.1, 0.15) is 24.2 Å². The Balaban J connectivity index is 1.68. The SMILES string of the molecule is Cc1ccc(-n2c(SCc3nccn3C)nnc2N2CCCC2)cc1. The second kappa shape index (κ2) is 6.92. The van der Waals surface area contributed by atoms with Crippen molar-refractivity contribution >= 4 is 17.7 Å². The van der Waals surface area contributed by atoms with Crippen LogP contribution in [-0.2, 0) is 12.8 Å². The molecule has 1 aromatic carbocycles. The molecule has 7 heteroatoms. The molecule has 3 aromatic rings. The maximum Gasteiger partial charge on any atom is 0.232 e. The van der Waals surface area contributed by atoms with Gasteiger partial charge in [-0.15, -0.1) is 10.2 Å². The van der Waals surface area contributed by atoms with Crippen LogP contribution in [0.15, 0.2) is 41.8 Å². The normalized spacial score (nSPS) is 14.4. The first kappa shape index (κ1) is 16.2. The first-order chi connectivity index (χ1) is 12.2. The van der Waals surface area contributed by atoms with Gasteiger partial charge in [0, 0.05) is 32.5 Å². The summed E-state index contributed by atoms with van der Waals surface area (Å²) in [6.07, 6.45) is 6.24. The van der Waals surface area contributed by atoms with Gasteiger partial charge >= 0.3 is 0 Å². The number of hydrogen-bond donors (Lipinski definition) is 0. The molecule has 0 bridgehead atoms. The van der Waals surface area contributed by atoms with Gasteiger partial charge < -0.3 is 9.47 Å². The molecule has 4 rings (SSSR count). The zero-order valence-corrected chi connectivity index (χ0v) is 15.4. The minimum Gasteiger partial charge on any atom is -0.341 e. The van der Waals surface area contributed by atoms with Crippen LogP contribution in [0.25, 0.3) is 5.69 Å². The van der Waals surface area contributed by atoms with E-state index in [-0.39, 0.29) is 0 Å². The highest BCUT2D eigenvalue weighted by atomic mass is 32.2. The van der Waals surface area contributed by atoms with E-state index >= 15 is 0 Å². The van der Waals surface area contributed by atoms with Crippen LogP contribution < -0.4 is 4.90 Å². The molecule has 0 saturated carbocycles. The number of thioether (sulfide) groups is 1. The van der Waals surface area contributed by atoms with Gasteiger partial charge in [-0.1, -0.05) is 29.5 Å². The first-order valence-corrected chi connectivity index (χ1v) is 9.57. The minimum atomic E-state index is 0.771. The summed E-state index contributed by atoms with van der Waals surface area (Å²) in [4.78, 5) is 6.73. The molecule has 130 valence electrons. The molecule has 1 aliphatic rings. The van der Waals surface area contributed by atoms with Crippen LogP contribution in [-0.4, -0.2) is 37.4 Å². The predicted octanol–water partition coefficient (Wildman–Crippen LogP) is 3.20. The quantitative estimate of drug-likeness (QED) is 0.659. The summed E-state index contributed by atoms with van der Waals surface area (Å²) in [5, 5.41) is 9.91. The minimum absolute atomic E-state index is 0.771. The molecule has 2 aromatic heterocycles. The van der Waals surface area contributed by atoms with Crippen molar-refractivity contribution in [2.45, 2.75) is 30.7 Å². The van der Waals surface area contributed by atoms with Crippen LogP contribution in [0.4, 0.5) is 5.95 Å². The smallest absolute Gasteiger partial charge is 0.232 e. The van der Waals surface area contributed by atoms with Crippen LogP contribution in [0.5, 0.6) is 0 Å². The van der Waals surface area contributed by atoms with Crippen LogP contribution in [0.2, 0.25) is 0 Å². The highest BCUT2D eigenvalue weighted by Gasteiger charge is 2.22. The Morgan fingerprint density at radius 1 is 1.08 bits per heavy atom. The van der Waals surface area contributed by atoms with Gasteiger partial charge in [-0.2, -0.15) is 0 Å². The molecule has 6 nitrogen and oxygen atoms in total. The molecule has 0 aliphatic carbocycles. The lowest BCUT2D eigenvalue weighted by atomic mass is 10.2. The average molecular weight is 354 g/mol. The van der Waals surface area contributed by atoms with Crippen molar-refractivity contribution in [3.8, 4) is 5.69 Å². The Kier molecular flexibility index (Phi) is 4.48. The van der Waals surface area contributed by atoms with Crippen molar-refractivity contribution in [1.82, 2.24) is 24.3 Å². The van der Waals surface area contributed by atoms with Gasteiger partial charge in [-0.3, -0.25) is 4.57 Å². The highest BCUT2D eigenvalue weighted by Crippen LogP contribution is 2.30. The summed E-state index contributed by atoms with van der Waals surface area (Å²) in [5.74, 6) is 2.75. The molecule has 0 spiro atoms. The number of aryl methyl sites for hydroxylation is 2. The first-order valence-electron chi connectivity index (χ1n) is 8.59. The van der Waals surface area contributed by atoms with Gasteiger partial charge in [-0.05, 0) is 31.9 Å². The van der Waals surface area contributed by atoms with E-state index in [1.807, 2.05) is 24.0 Å². The summed E-state index contributed by atoms with van der Waals surface area (Å²) >= 11 is 1.68. The molecular formula is C18H22N6S. The second-order valence-corrected chi connectivity index (χ2v) is 7.33. The Hall–Kier alpha value is -2.28. The number of imidazole rings is 1. The van der Waals surface area contributed by atoms with Crippen LogP contribution in [0.3, 0.4) is 0 Å². The van der Waals surface area contributed by atoms with Gasteiger partial charge in [0.25, 0.3) is 0 Å². The average Bonchev–Trinajstić information content (AvgIpc) is 3.34. The predicted molar refractivity (Wildman–Crippen MR) is 100 cm³/mol. The number of rotatable bonds is 5. The van der Waals surface area contributed by atoms with Crippen molar-refractivity contribution in [2.24, 2.45) is 7.05 Å². The third kappa shape index (κ3) is 3.28. The fourth-order valence-electron chi connectivity index (χ4n) is 3.06. The van der Waals surface area contributed by atoms with Crippen molar-refractivity contribution < 1.29 is 0 Å². The Labute approximate surface area is 151 Å². The fourth-order valence-corrected chi connectivity index (χ4v) is 4.01.